The van der Waals surface area contributed by atoms with E-state index in [1.807, 2.05) is 6.92 Å². The molecule has 4 unspecified atom stereocenters. The zero-order chi connectivity index (χ0) is 13.1. The Bertz CT molecular complexity index is 326. The molecule has 1 N–H and O–H groups in total. The summed E-state index contributed by atoms with van der Waals surface area (Å²) < 4.78 is 5.09. The van der Waals surface area contributed by atoms with Gasteiger partial charge in [-0.05, 0) is 57.3 Å². The molecule has 0 saturated heterocycles. The standard InChI is InChI=1S/C14H22O4/c1-2-18-14(17)12-6-4-9-7-11(13(15)16)5-3-10(9)8-12/h9-12H,2-8H2,1H3,(H,15,16). The second-order valence-electron chi connectivity index (χ2n) is 5.63. The van der Waals surface area contributed by atoms with Crippen LogP contribution in [-0.2, 0) is 14.3 Å². The molecule has 4 heteroatoms. The molecule has 2 fully saturated rings. The zero-order valence-corrected chi connectivity index (χ0v) is 10.9. The topological polar surface area (TPSA) is 63.6 Å². The summed E-state index contributed by atoms with van der Waals surface area (Å²) in [4.78, 5) is 22.7. The first-order valence-electron chi connectivity index (χ1n) is 7.01. The van der Waals surface area contributed by atoms with E-state index >= 15 is 0 Å². The summed E-state index contributed by atoms with van der Waals surface area (Å²) in [5, 5.41) is 9.06. The molecule has 0 spiro atoms. The monoisotopic (exact) mass is 254 g/mol. The Morgan fingerprint density at radius 3 is 2.17 bits per heavy atom. The molecule has 4 atom stereocenters. The van der Waals surface area contributed by atoms with Gasteiger partial charge in [-0.1, -0.05) is 0 Å². The third-order valence-corrected chi connectivity index (χ3v) is 4.58. The first-order valence-corrected chi connectivity index (χ1v) is 7.01. The highest BCUT2D eigenvalue weighted by Gasteiger charge is 2.39. The number of carboxylic acid groups (broad SMARTS) is 1. The van der Waals surface area contributed by atoms with Crippen molar-refractivity contribution in [1.82, 2.24) is 0 Å². The summed E-state index contributed by atoms with van der Waals surface area (Å²) in [5.74, 6) is 0.213. The number of carbonyl (C=O) groups is 2. The van der Waals surface area contributed by atoms with E-state index in [2.05, 4.69) is 0 Å². The number of hydrogen-bond acceptors (Lipinski definition) is 3. The van der Waals surface area contributed by atoms with Gasteiger partial charge in [0.2, 0.25) is 0 Å². The lowest BCUT2D eigenvalue weighted by Crippen LogP contribution is -2.36. The van der Waals surface area contributed by atoms with Crippen molar-refractivity contribution in [2.45, 2.75) is 45.4 Å². The van der Waals surface area contributed by atoms with Crippen LogP contribution in [0, 0.1) is 23.7 Å². The van der Waals surface area contributed by atoms with Gasteiger partial charge < -0.3 is 9.84 Å². The van der Waals surface area contributed by atoms with Gasteiger partial charge in [0.15, 0.2) is 0 Å². The molecule has 0 amide bonds. The molecule has 0 aromatic heterocycles. The summed E-state index contributed by atoms with van der Waals surface area (Å²) in [6, 6.07) is 0. The van der Waals surface area contributed by atoms with Gasteiger partial charge in [0, 0.05) is 0 Å². The van der Waals surface area contributed by atoms with E-state index in [-0.39, 0.29) is 17.8 Å². The zero-order valence-electron chi connectivity index (χ0n) is 10.9. The second kappa shape index (κ2) is 5.72. The van der Waals surface area contributed by atoms with Gasteiger partial charge in [0.05, 0.1) is 18.4 Å². The summed E-state index contributed by atoms with van der Waals surface area (Å²) in [6.07, 6.45) is 5.28. The molecule has 0 aromatic carbocycles. The van der Waals surface area contributed by atoms with Crippen LogP contribution in [0.1, 0.15) is 45.4 Å². The number of rotatable bonds is 3. The van der Waals surface area contributed by atoms with E-state index in [0.717, 1.165) is 38.5 Å². The van der Waals surface area contributed by atoms with Crippen molar-refractivity contribution in [3.05, 3.63) is 0 Å². The maximum Gasteiger partial charge on any atom is 0.308 e. The minimum atomic E-state index is -0.652. The Kier molecular flexibility index (Phi) is 4.25. The summed E-state index contributed by atoms with van der Waals surface area (Å²) in [5.41, 5.74) is 0. The van der Waals surface area contributed by atoms with Gasteiger partial charge >= 0.3 is 11.9 Å². The molecule has 2 aliphatic carbocycles. The van der Waals surface area contributed by atoms with Gasteiger partial charge in [-0.3, -0.25) is 9.59 Å². The van der Waals surface area contributed by atoms with Crippen LogP contribution in [0.25, 0.3) is 0 Å². The third-order valence-electron chi connectivity index (χ3n) is 4.58. The fourth-order valence-corrected chi connectivity index (χ4v) is 3.59. The number of carbonyl (C=O) groups excluding carboxylic acids is 1. The molecule has 102 valence electrons. The van der Waals surface area contributed by atoms with Crippen LogP contribution >= 0.6 is 0 Å². The highest BCUT2D eigenvalue weighted by atomic mass is 16.5. The summed E-state index contributed by atoms with van der Waals surface area (Å²) >= 11 is 0. The van der Waals surface area contributed by atoms with Crippen molar-refractivity contribution in [2.75, 3.05) is 6.61 Å². The predicted molar refractivity (Wildman–Crippen MR) is 65.9 cm³/mol. The van der Waals surface area contributed by atoms with Gasteiger partial charge in [0.25, 0.3) is 0 Å². The number of aliphatic carboxylic acids is 1. The molecular formula is C14H22O4. The van der Waals surface area contributed by atoms with Gasteiger partial charge in [-0.2, -0.15) is 0 Å². The molecule has 0 radical (unpaired) electrons. The molecule has 18 heavy (non-hydrogen) atoms. The molecule has 0 aliphatic heterocycles. The van der Waals surface area contributed by atoms with E-state index < -0.39 is 5.97 Å². The van der Waals surface area contributed by atoms with E-state index in [4.69, 9.17) is 9.84 Å². The molecule has 4 nitrogen and oxygen atoms in total. The maximum atomic E-state index is 11.7. The Balaban J connectivity index is 1.89. The van der Waals surface area contributed by atoms with Crippen molar-refractivity contribution in [3.8, 4) is 0 Å². The highest BCUT2D eigenvalue weighted by molar-refractivity contribution is 5.72. The third kappa shape index (κ3) is 2.85. The first kappa shape index (κ1) is 13.4. The van der Waals surface area contributed by atoms with E-state index in [1.54, 1.807) is 0 Å². The normalized spacial score (nSPS) is 35.6. The van der Waals surface area contributed by atoms with Crippen LogP contribution in [0.5, 0.6) is 0 Å². The van der Waals surface area contributed by atoms with Crippen LogP contribution in [0.3, 0.4) is 0 Å². The molecule has 2 aliphatic rings. The van der Waals surface area contributed by atoms with Crippen molar-refractivity contribution in [3.63, 3.8) is 0 Å². The van der Waals surface area contributed by atoms with Crippen molar-refractivity contribution in [1.29, 1.82) is 0 Å². The molecule has 2 saturated carbocycles. The van der Waals surface area contributed by atoms with Gasteiger partial charge in [0.1, 0.15) is 0 Å². The van der Waals surface area contributed by atoms with E-state index in [1.165, 1.54) is 0 Å². The van der Waals surface area contributed by atoms with Crippen molar-refractivity contribution < 1.29 is 19.4 Å². The molecule has 0 heterocycles. The Morgan fingerprint density at radius 1 is 1.06 bits per heavy atom. The molecule has 2 rings (SSSR count). The summed E-state index contributed by atoms with van der Waals surface area (Å²) in [7, 11) is 0. The molecular weight excluding hydrogens is 232 g/mol. The Morgan fingerprint density at radius 2 is 1.61 bits per heavy atom. The van der Waals surface area contributed by atoms with E-state index in [0.29, 0.717) is 18.4 Å². The first-order chi connectivity index (χ1) is 8.61. The minimum absolute atomic E-state index is 0.0487. The number of hydrogen-bond donors (Lipinski definition) is 1. The van der Waals surface area contributed by atoms with Crippen molar-refractivity contribution >= 4 is 11.9 Å². The van der Waals surface area contributed by atoms with Crippen LogP contribution in [0.15, 0.2) is 0 Å². The lowest BCUT2D eigenvalue weighted by Gasteiger charge is -2.40. The fourth-order valence-electron chi connectivity index (χ4n) is 3.59. The largest absolute Gasteiger partial charge is 0.481 e. The van der Waals surface area contributed by atoms with Crippen LogP contribution in [0.2, 0.25) is 0 Å². The lowest BCUT2D eigenvalue weighted by atomic mass is 9.65. The molecule has 0 aromatic rings. The van der Waals surface area contributed by atoms with Gasteiger partial charge in [-0.15, -0.1) is 0 Å². The van der Waals surface area contributed by atoms with Gasteiger partial charge in [-0.25, -0.2) is 0 Å². The number of ether oxygens (including phenoxy) is 1. The quantitative estimate of drug-likeness (QED) is 0.786. The van der Waals surface area contributed by atoms with E-state index in [9.17, 15) is 9.59 Å². The van der Waals surface area contributed by atoms with Crippen LogP contribution in [-0.4, -0.2) is 23.7 Å². The average molecular weight is 254 g/mol. The minimum Gasteiger partial charge on any atom is -0.481 e. The predicted octanol–water partition coefficient (Wildman–Crippen LogP) is 2.47. The molecule has 0 bridgehead atoms. The smallest absolute Gasteiger partial charge is 0.308 e. The number of fused-ring (bicyclic) bond motifs is 1. The number of esters is 1. The Labute approximate surface area is 108 Å². The fraction of sp³-hybridized carbons (Fsp3) is 0.857. The lowest BCUT2D eigenvalue weighted by molar-refractivity contribution is -0.152. The van der Waals surface area contributed by atoms with Crippen LogP contribution in [0.4, 0.5) is 0 Å². The Hall–Kier alpha value is -1.06. The summed E-state index contributed by atoms with van der Waals surface area (Å²) in [6.45, 7) is 2.28. The SMILES string of the molecule is CCOC(=O)C1CCC2CC(C(=O)O)CCC2C1. The second-order valence-corrected chi connectivity index (χ2v) is 5.63. The highest BCUT2D eigenvalue weighted by Crippen LogP contribution is 2.44. The van der Waals surface area contributed by atoms with Crippen molar-refractivity contribution in [2.24, 2.45) is 23.7 Å². The van der Waals surface area contributed by atoms with Crippen LogP contribution < -0.4 is 0 Å². The maximum absolute atomic E-state index is 11.7. The average Bonchev–Trinajstić information content (AvgIpc) is 2.37. The number of carboxylic acids is 1.